The van der Waals surface area contributed by atoms with Crippen LogP contribution in [0.15, 0.2) is 34.1 Å². The summed E-state index contributed by atoms with van der Waals surface area (Å²) < 4.78 is 6.85. The number of hydrogen-bond donors (Lipinski definition) is 0. The molecular weight excluding hydrogens is 362 g/mol. The van der Waals surface area contributed by atoms with Crippen LogP contribution in [-0.4, -0.2) is 24.5 Å². The molecule has 0 unspecified atom stereocenters. The highest BCUT2D eigenvalue weighted by atomic mass is 79.9. The topological polar surface area (TPSA) is 29.5 Å². The second-order valence-corrected chi connectivity index (χ2v) is 7.21. The van der Waals surface area contributed by atoms with Crippen LogP contribution >= 0.6 is 27.3 Å². The number of nitrogens with zero attached hydrogens (tertiary/aromatic N) is 1. The van der Waals surface area contributed by atoms with Crippen molar-refractivity contribution in [1.82, 2.24) is 4.90 Å². The van der Waals surface area contributed by atoms with E-state index in [1.807, 2.05) is 50.5 Å². The van der Waals surface area contributed by atoms with Gasteiger partial charge < -0.3 is 9.64 Å². The normalized spacial score (nSPS) is 10.5. The van der Waals surface area contributed by atoms with Gasteiger partial charge in [0.2, 0.25) is 5.91 Å². The summed E-state index contributed by atoms with van der Waals surface area (Å²) in [6.07, 6.45) is 0.386. The first-order valence-corrected chi connectivity index (χ1v) is 8.80. The second kappa shape index (κ2) is 7.79. The quantitative estimate of drug-likeness (QED) is 0.733. The number of aryl methyl sites for hydroxylation is 2. The van der Waals surface area contributed by atoms with E-state index in [9.17, 15) is 4.79 Å². The van der Waals surface area contributed by atoms with Crippen LogP contribution < -0.4 is 4.74 Å². The number of hydrogen-bond acceptors (Lipinski definition) is 3. The maximum absolute atomic E-state index is 12.2. The monoisotopic (exact) mass is 381 g/mol. The van der Waals surface area contributed by atoms with E-state index in [0.29, 0.717) is 19.6 Å². The van der Waals surface area contributed by atoms with Crippen molar-refractivity contribution < 1.29 is 9.53 Å². The molecule has 1 amide bonds. The van der Waals surface area contributed by atoms with Crippen molar-refractivity contribution in [1.29, 1.82) is 0 Å². The average molecular weight is 382 g/mol. The van der Waals surface area contributed by atoms with Gasteiger partial charge in [0.1, 0.15) is 5.75 Å². The lowest BCUT2D eigenvalue weighted by atomic mass is 10.1. The number of para-hydroxylation sites is 1. The number of benzene rings is 1. The largest absolute Gasteiger partial charge is 0.493 e. The molecule has 0 atom stereocenters. The third kappa shape index (κ3) is 4.58. The summed E-state index contributed by atoms with van der Waals surface area (Å²) in [6, 6.07) is 8.09. The minimum absolute atomic E-state index is 0.0933. The highest BCUT2D eigenvalue weighted by Gasteiger charge is 2.11. The van der Waals surface area contributed by atoms with Gasteiger partial charge in [0.25, 0.3) is 0 Å². The molecule has 3 nitrogen and oxygen atoms in total. The van der Waals surface area contributed by atoms with Crippen LogP contribution in [-0.2, 0) is 11.3 Å². The van der Waals surface area contributed by atoms with Crippen LogP contribution in [0.1, 0.15) is 22.4 Å². The number of amides is 1. The maximum Gasteiger partial charge on any atom is 0.226 e. The lowest BCUT2D eigenvalue weighted by Gasteiger charge is -2.17. The van der Waals surface area contributed by atoms with Gasteiger partial charge >= 0.3 is 0 Å². The van der Waals surface area contributed by atoms with Crippen LogP contribution in [0, 0.1) is 13.8 Å². The third-order valence-corrected chi connectivity index (χ3v) is 5.09. The van der Waals surface area contributed by atoms with Gasteiger partial charge in [-0.25, -0.2) is 0 Å². The van der Waals surface area contributed by atoms with Gasteiger partial charge in [-0.05, 0) is 47.0 Å². The van der Waals surface area contributed by atoms with E-state index in [4.69, 9.17) is 4.74 Å². The molecule has 0 bridgehead atoms. The van der Waals surface area contributed by atoms with Crippen molar-refractivity contribution in [3.05, 3.63) is 50.1 Å². The summed E-state index contributed by atoms with van der Waals surface area (Å²) in [4.78, 5) is 15.1. The Morgan fingerprint density at radius 1 is 1.32 bits per heavy atom. The first-order valence-electron chi connectivity index (χ1n) is 7.13. The number of ether oxygens (including phenoxy) is 1. The van der Waals surface area contributed by atoms with Crippen LogP contribution in [0.4, 0.5) is 0 Å². The van der Waals surface area contributed by atoms with E-state index >= 15 is 0 Å². The lowest BCUT2D eigenvalue weighted by molar-refractivity contribution is -0.130. The number of thiophene rings is 1. The second-order valence-electron chi connectivity index (χ2n) is 5.30. The number of carbonyl (C=O) groups is 1. The fourth-order valence-corrected chi connectivity index (χ4v) is 3.72. The van der Waals surface area contributed by atoms with Gasteiger partial charge in [0.05, 0.1) is 19.6 Å². The Bertz CT molecular complexity index is 634. The Morgan fingerprint density at radius 3 is 2.59 bits per heavy atom. The molecule has 0 aliphatic rings. The molecule has 0 fully saturated rings. The molecule has 0 N–H and O–H groups in total. The van der Waals surface area contributed by atoms with Gasteiger partial charge in [-0.3, -0.25) is 4.79 Å². The van der Waals surface area contributed by atoms with Crippen molar-refractivity contribution in [3.8, 4) is 5.75 Å². The molecule has 118 valence electrons. The lowest BCUT2D eigenvalue weighted by Crippen LogP contribution is -2.27. The SMILES string of the molecule is Cc1cccc(C)c1OCCC(=O)N(C)Cc1cc(Br)cs1. The zero-order valence-corrected chi connectivity index (χ0v) is 15.5. The molecule has 1 aromatic heterocycles. The standard InChI is InChI=1S/C17H20BrNO2S/c1-12-5-4-6-13(2)17(12)21-8-7-16(20)19(3)10-15-9-14(18)11-22-15/h4-6,9,11H,7-8,10H2,1-3H3. The number of halogens is 1. The summed E-state index contributed by atoms with van der Waals surface area (Å²) in [5.41, 5.74) is 2.20. The summed E-state index contributed by atoms with van der Waals surface area (Å²) >= 11 is 5.08. The minimum Gasteiger partial charge on any atom is -0.493 e. The van der Waals surface area contributed by atoms with Crippen LogP contribution in [0.25, 0.3) is 0 Å². The zero-order chi connectivity index (χ0) is 16.1. The molecule has 0 saturated carbocycles. The number of carbonyl (C=O) groups excluding carboxylic acids is 1. The molecule has 1 aromatic carbocycles. The molecule has 2 rings (SSSR count). The Morgan fingerprint density at radius 2 is 2.00 bits per heavy atom. The fraction of sp³-hybridized carbons (Fsp3) is 0.353. The molecule has 1 heterocycles. The summed E-state index contributed by atoms with van der Waals surface area (Å²) in [6.45, 7) is 5.08. The van der Waals surface area contributed by atoms with Crippen LogP contribution in [0.2, 0.25) is 0 Å². The molecule has 5 heteroatoms. The minimum atomic E-state index is 0.0933. The molecule has 0 aliphatic carbocycles. The van der Waals surface area contributed by atoms with Gasteiger partial charge in [0, 0.05) is 21.8 Å². The van der Waals surface area contributed by atoms with E-state index in [1.165, 1.54) is 4.88 Å². The van der Waals surface area contributed by atoms with Crippen LogP contribution in [0.5, 0.6) is 5.75 Å². The number of rotatable bonds is 6. The first-order chi connectivity index (χ1) is 10.5. The highest BCUT2D eigenvalue weighted by Crippen LogP contribution is 2.23. The summed E-state index contributed by atoms with van der Waals surface area (Å²) in [5, 5.41) is 2.03. The Balaban J connectivity index is 1.82. The van der Waals surface area contributed by atoms with Crippen molar-refractivity contribution in [2.75, 3.05) is 13.7 Å². The van der Waals surface area contributed by atoms with E-state index in [0.717, 1.165) is 21.3 Å². The van der Waals surface area contributed by atoms with E-state index in [1.54, 1.807) is 16.2 Å². The van der Waals surface area contributed by atoms with Crippen molar-refractivity contribution >= 4 is 33.2 Å². The Kier molecular flexibility index (Phi) is 6.03. The molecule has 0 saturated heterocycles. The van der Waals surface area contributed by atoms with Gasteiger partial charge in [0.15, 0.2) is 0 Å². The van der Waals surface area contributed by atoms with Gasteiger partial charge in [-0.1, -0.05) is 18.2 Å². The van der Waals surface area contributed by atoms with E-state index in [2.05, 4.69) is 15.9 Å². The summed E-state index contributed by atoms with van der Waals surface area (Å²) in [7, 11) is 1.83. The smallest absolute Gasteiger partial charge is 0.226 e. The van der Waals surface area contributed by atoms with E-state index < -0.39 is 0 Å². The Labute approximate surface area is 144 Å². The van der Waals surface area contributed by atoms with Crippen molar-refractivity contribution in [2.24, 2.45) is 0 Å². The fourth-order valence-electron chi connectivity index (χ4n) is 2.22. The summed E-state index contributed by atoms with van der Waals surface area (Å²) in [5.74, 6) is 0.982. The Hall–Kier alpha value is -1.33. The predicted octanol–water partition coefficient (Wildman–Crippen LogP) is 4.55. The van der Waals surface area contributed by atoms with Crippen LogP contribution in [0.3, 0.4) is 0 Å². The average Bonchev–Trinajstić information content (AvgIpc) is 2.87. The molecule has 0 spiro atoms. The third-order valence-electron chi connectivity index (χ3n) is 3.41. The maximum atomic E-state index is 12.2. The molecule has 0 aliphatic heterocycles. The molecule has 2 aromatic rings. The highest BCUT2D eigenvalue weighted by molar-refractivity contribution is 9.10. The predicted molar refractivity (Wildman–Crippen MR) is 94.5 cm³/mol. The molecular formula is C17H20BrNO2S. The van der Waals surface area contributed by atoms with Crippen molar-refractivity contribution in [2.45, 2.75) is 26.8 Å². The molecule has 22 heavy (non-hydrogen) atoms. The van der Waals surface area contributed by atoms with E-state index in [-0.39, 0.29) is 5.91 Å². The van der Waals surface area contributed by atoms with Gasteiger partial charge in [-0.15, -0.1) is 11.3 Å². The zero-order valence-electron chi connectivity index (χ0n) is 13.1. The van der Waals surface area contributed by atoms with Crippen molar-refractivity contribution in [3.63, 3.8) is 0 Å². The van der Waals surface area contributed by atoms with Gasteiger partial charge in [-0.2, -0.15) is 0 Å². The first kappa shape index (κ1) is 17.0. The molecule has 0 radical (unpaired) electrons.